The van der Waals surface area contributed by atoms with Crippen LogP contribution >= 0.6 is 0 Å². The number of pyridine rings is 1. The van der Waals surface area contributed by atoms with Gasteiger partial charge in [0.15, 0.2) is 0 Å². The van der Waals surface area contributed by atoms with Crippen molar-refractivity contribution >= 4 is 20.9 Å². The van der Waals surface area contributed by atoms with Crippen molar-refractivity contribution in [1.82, 2.24) is 9.71 Å². The van der Waals surface area contributed by atoms with Crippen molar-refractivity contribution in [3.8, 4) is 0 Å². The molecule has 0 fully saturated rings. The SMILES string of the molecule is CCCCS(=O)(=O)NCc1ccc2ccccc2n1. The summed E-state index contributed by atoms with van der Waals surface area (Å²) < 4.78 is 26.0. The molecular formula is C14H18N2O2S. The van der Waals surface area contributed by atoms with Crippen molar-refractivity contribution in [3.63, 3.8) is 0 Å². The van der Waals surface area contributed by atoms with Gasteiger partial charge in [-0.25, -0.2) is 13.1 Å². The van der Waals surface area contributed by atoms with E-state index < -0.39 is 10.0 Å². The van der Waals surface area contributed by atoms with Gasteiger partial charge in [-0.05, 0) is 18.6 Å². The molecule has 4 nitrogen and oxygen atoms in total. The van der Waals surface area contributed by atoms with Crippen LogP contribution < -0.4 is 4.72 Å². The van der Waals surface area contributed by atoms with Crippen molar-refractivity contribution in [2.75, 3.05) is 5.75 Å². The van der Waals surface area contributed by atoms with Crippen LogP contribution in [-0.4, -0.2) is 19.2 Å². The fourth-order valence-electron chi connectivity index (χ4n) is 1.80. The van der Waals surface area contributed by atoms with E-state index in [9.17, 15) is 8.42 Å². The average Bonchev–Trinajstić information content (AvgIpc) is 2.43. The highest BCUT2D eigenvalue weighted by molar-refractivity contribution is 7.89. The molecule has 1 aromatic heterocycles. The molecule has 0 radical (unpaired) electrons. The highest BCUT2D eigenvalue weighted by Crippen LogP contribution is 2.11. The highest BCUT2D eigenvalue weighted by atomic mass is 32.2. The van der Waals surface area contributed by atoms with Gasteiger partial charge >= 0.3 is 0 Å². The Labute approximate surface area is 113 Å². The first-order chi connectivity index (χ1) is 9.11. The van der Waals surface area contributed by atoms with E-state index >= 15 is 0 Å². The van der Waals surface area contributed by atoms with E-state index in [1.165, 1.54) is 0 Å². The third-order valence-corrected chi connectivity index (χ3v) is 4.31. The standard InChI is InChI=1S/C14H18N2O2S/c1-2-3-10-19(17,18)15-11-13-9-8-12-6-4-5-7-14(12)16-13/h4-9,15H,2-3,10-11H2,1H3. The Bertz CT molecular complexity index is 653. The normalized spacial score (nSPS) is 11.8. The third kappa shape index (κ3) is 4.01. The summed E-state index contributed by atoms with van der Waals surface area (Å²) in [4.78, 5) is 4.43. The van der Waals surface area contributed by atoms with E-state index in [4.69, 9.17) is 0 Å². The summed E-state index contributed by atoms with van der Waals surface area (Å²) >= 11 is 0. The number of hydrogen-bond donors (Lipinski definition) is 1. The molecule has 1 aromatic carbocycles. The molecule has 5 heteroatoms. The predicted octanol–water partition coefficient (Wildman–Crippen LogP) is 2.45. The first-order valence-corrected chi connectivity index (χ1v) is 8.08. The maximum absolute atomic E-state index is 11.7. The number of fused-ring (bicyclic) bond motifs is 1. The van der Waals surface area contributed by atoms with E-state index in [1.807, 2.05) is 43.3 Å². The molecule has 0 unspecified atom stereocenters. The number of sulfonamides is 1. The van der Waals surface area contributed by atoms with Crippen LogP contribution in [0.1, 0.15) is 25.5 Å². The number of para-hydroxylation sites is 1. The topological polar surface area (TPSA) is 59.1 Å². The summed E-state index contributed by atoms with van der Waals surface area (Å²) in [6.07, 6.45) is 1.55. The van der Waals surface area contributed by atoms with Gasteiger partial charge in [-0.15, -0.1) is 0 Å². The van der Waals surface area contributed by atoms with Crippen molar-refractivity contribution in [1.29, 1.82) is 0 Å². The lowest BCUT2D eigenvalue weighted by molar-refractivity contribution is 0.577. The first kappa shape index (κ1) is 14.0. The van der Waals surface area contributed by atoms with Gasteiger partial charge in [-0.2, -0.15) is 0 Å². The van der Waals surface area contributed by atoms with Crippen LogP contribution in [0.3, 0.4) is 0 Å². The lowest BCUT2D eigenvalue weighted by atomic mass is 10.2. The second kappa shape index (κ2) is 6.12. The lowest BCUT2D eigenvalue weighted by Crippen LogP contribution is -2.26. The first-order valence-electron chi connectivity index (χ1n) is 6.43. The maximum atomic E-state index is 11.7. The zero-order valence-corrected chi connectivity index (χ0v) is 11.8. The Morgan fingerprint density at radius 3 is 2.74 bits per heavy atom. The van der Waals surface area contributed by atoms with E-state index in [1.54, 1.807) is 0 Å². The molecule has 0 saturated heterocycles. The number of benzene rings is 1. The Morgan fingerprint density at radius 1 is 1.16 bits per heavy atom. The van der Waals surface area contributed by atoms with Crippen molar-refractivity contribution in [2.24, 2.45) is 0 Å². The lowest BCUT2D eigenvalue weighted by Gasteiger charge is -2.06. The Hall–Kier alpha value is -1.46. The number of unbranched alkanes of at least 4 members (excludes halogenated alkanes) is 1. The molecular weight excluding hydrogens is 260 g/mol. The minimum atomic E-state index is -3.19. The summed E-state index contributed by atoms with van der Waals surface area (Å²) in [5, 5.41) is 1.06. The van der Waals surface area contributed by atoms with Crippen molar-refractivity contribution < 1.29 is 8.42 Å². The summed E-state index contributed by atoms with van der Waals surface area (Å²) in [6, 6.07) is 11.6. The fraction of sp³-hybridized carbons (Fsp3) is 0.357. The number of aromatic nitrogens is 1. The van der Waals surface area contributed by atoms with Gasteiger partial charge in [-0.1, -0.05) is 37.6 Å². The summed E-state index contributed by atoms with van der Waals surface area (Å²) in [6.45, 7) is 2.22. The Balaban J connectivity index is 2.05. The van der Waals surface area contributed by atoms with Crippen LogP contribution in [0.2, 0.25) is 0 Å². The van der Waals surface area contributed by atoms with Crippen molar-refractivity contribution in [2.45, 2.75) is 26.3 Å². The Morgan fingerprint density at radius 2 is 1.95 bits per heavy atom. The van der Waals surface area contributed by atoms with Crippen LogP contribution in [0.25, 0.3) is 10.9 Å². The molecule has 0 amide bonds. The zero-order valence-electron chi connectivity index (χ0n) is 11.0. The largest absolute Gasteiger partial charge is 0.251 e. The summed E-state index contributed by atoms with van der Waals surface area (Å²) in [5.74, 6) is 0.178. The van der Waals surface area contributed by atoms with Gasteiger partial charge < -0.3 is 0 Å². The van der Waals surface area contributed by atoms with E-state index in [0.717, 1.165) is 23.0 Å². The van der Waals surface area contributed by atoms with Gasteiger partial charge in [0.1, 0.15) is 0 Å². The zero-order chi connectivity index (χ0) is 13.7. The molecule has 0 bridgehead atoms. The molecule has 1 N–H and O–H groups in total. The van der Waals surface area contributed by atoms with Crippen LogP contribution in [0.15, 0.2) is 36.4 Å². The maximum Gasteiger partial charge on any atom is 0.211 e. The molecule has 0 aliphatic heterocycles. The molecule has 2 rings (SSSR count). The Kier molecular flexibility index (Phi) is 4.50. The highest BCUT2D eigenvalue weighted by Gasteiger charge is 2.09. The average molecular weight is 278 g/mol. The minimum absolute atomic E-state index is 0.178. The third-order valence-electron chi connectivity index (χ3n) is 2.90. The van der Waals surface area contributed by atoms with Gasteiger partial charge in [0.2, 0.25) is 10.0 Å². The van der Waals surface area contributed by atoms with Crippen LogP contribution in [0.4, 0.5) is 0 Å². The van der Waals surface area contributed by atoms with Crippen LogP contribution in [0.5, 0.6) is 0 Å². The van der Waals surface area contributed by atoms with E-state index in [-0.39, 0.29) is 12.3 Å². The molecule has 1 heterocycles. The van der Waals surface area contributed by atoms with Crippen LogP contribution in [-0.2, 0) is 16.6 Å². The molecule has 0 saturated carbocycles. The van der Waals surface area contributed by atoms with Gasteiger partial charge in [-0.3, -0.25) is 4.98 Å². The molecule has 0 atom stereocenters. The number of hydrogen-bond acceptors (Lipinski definition) is 3. The smallest absolute Gasteiger partial charge is 0.211 e. The molecule has 0 aliphatic rings. The van der Waals surface area contributed by atoms with Gasteiger partial charge in [0, 0.05) is 5.39 Å². The van der Waals surface area contributed by atoms with Gasteiger partial charge in [0.25, 0.3) is 0 Å². The van der Waals surface area contributed by atoms with E-state index in [2.05, 4.69) is 9.71 Å². The predicted molar refractivity (Wildman–Crippen MR) is 77.3 cm³/mol. The number of nitrogens with one attached hydrogen (secondary N) is 1. The van der Waals surface area contributed by atoms with Crippen LogP contribution in [0, 0.1) is 0 Å². The quantitative estimate of drug-likeness (QED) is 0.883. The second-order valence-electron chi connectivity index (χ2n) is 4.49. The molecule has 2 aromatic rings. The monoisotopic (exact) mass is 278 g/mol. The fourth-order valence-corrected chi connectivity index (χ4v) is 2.98. The minimum Gasteiger partial charge on any atom is -0.251 e. The summed E-state index contributed by atoms with van der Waals surface area (Å²) in [7, 11) is -3.19. The number of nitrogens with zero attached hydrogens (tertiary/aromatic N) is 1. The second-order valence-corrected chi connectivity index (χ2v) is 6.42. The molecule has 0 aliphatic carbocycles. The van der Waals surface area contributed by atoms with E-state index in [0.29, 0.717) is 6.42 Å². The van der Waals surface area contributed by atoms with Gasteiger partial charge in [0.05, 0.1) is 23.5 Å². The van der Waals surface area contributed by atoms with Crippen molar-refractivity contribution in [3.05, 3.63) is 42.1 Å². The molecule has 0 spiro atoms. The summed E-state index contributed by atoms with van der Waals surface area (Å²) in [5.41, 5.74) is 1.62. The molecule has 102 valence electrons. The number of rotatable bonds is 6. The molecule has 19 heavy (non-hydrogen) atoms.